The van der Waals surface area contributed by atoms with Gasteiger partial charge in [0.1, 0.15) is 5.60 Å². The van der Waals surface area contributed by atoms with Crippen molar-refractivity contribution in [1.29, 1.82) is 0 Å². The Hall–Kier alpha value is -2.41. The Labute approximate surface area is 389 Å². The third-order valence-corrected chi connectivity index (χ3v) is 28.2. The van der Waals surface area contributed by atoms with Gasteiger partial charge in [-0.05, 0) is 102 Å². The molecule has 8 heteroatoms. The van der Waals surface area contributed by atoms with Crippen LogP contribution in [0.4, 0.5) is 0 Å². The fraction of sp³-hybridized carbons (Fsp3) is 0.600. The van der Waals surface area contributed by atoms with Crippen molar-refractivity contribution in [2.75, 3.05) is 13.2 Å². The SMILES string of the molecule is C[C@H](C=CCOC(c1ccccc1)(c1ccccc1)c1ccccc1)[C@H](C[C@H](O)C=C[C@H](C)[C@H](O[Si](C)(C)C(C)(C)C)[C@@H](C)CCCO[Si](C)(C)C(C)(C)C)O[Si](C)(C)C(C)(C)C. The first-order chi connectivity index (χ1) is 29.1. The molecule has 3 rings (SSSR count). The van der Waals surface area contributed by atoms with Crippen LogP contribution in [0.5, 0.6) is 0 Å². The van der Waals surface area contributed by atoms with Gasteiger partial charge in [0.2, 0.25) is 0 Å². The van der Waals surface area contributed by atoms with Crippen molar-refractivity contribution in [3.8, 4) is 0 Å². The molecule has 0 aliphatic rings. The van der Waals surface area contributed by atoms with E-state index in [4.69, 9.17) is 18.0 Å². The summed E-state index contributed by atoms with van der Waals surface area (Å²) in [5.74, 6) is 0.495. The minimum absolute atomic E-state index is 0.0218. The van der Waals surface area contributed by atoms with Crippen molar-refractivity contribution >= 4 is 25.0 Å². The molecule has 3 aromatic rings. The normalized spacial score (nSPS) is 16.9. The number of rotatable bonds is 23. The van der Waals surface area contributed by atoms with Crippen molar-refractivity contribution in [2.24, 2.45) is 17.8 Å². The van der Waals surface area contributed by atoms with E-state index in [1.807, 2.05) is 6.08 Å². The Morgan fingerprint density at radius 1 is 0.556 bits per heavy atom. The van der Waals surface area contributed by atoms with Gasteiger partial charge >= 0.3 is 0 Å². The molecule has 63 heavy (non-hydrogen) atoms. The van der Waals surface area contributed by atoms with Crippen LogP contribution < -0.4 is 0 Å². The summed E-state index contributed by atoms with van der Waals surface area (Å²) in [7, 11) is -6.07. The van der Waals surface area contributed by atoms with Crippen LogP contribution in [0.15, 0.2) is 115 Å². The van der Waals surface area contributed by atoms with Crippen molar-refractivity contribution in [3.63, 3.8) is 0 Å². The van der Waals surface area contributed by atoms with Gasteiger partial charge in [0, 0.05) is 13.0 Å². The molecule has 6 atom stereocenters. The number of hydrogen-bond acceptors (Lipinski definition) is 5. The van der Waals surface area contributed by atoms with E-state index in [1.165, 1.54) is 0 Å². The molecule has 0 aromatic heterocycles. The van der Waals surface area contributed by atoms with Crippen LogP contribution in [0.25, 0.3) is 0 Å². The minimum Gasteiger partial charge on any atom is -0.417 e. The lowest BCUT2D eigenvalue weighted by molar-refractivity contribution is 0.0314. The third kappa shape index (κ3) is 15.3. The molecular weight excluding hydrogens is 825 g/mol. The number of aliphatic hydroxyl groups excluding tert-OH is 1. The van der Waals surface area contributed by atoms with Crippen molar-refractivity contribution in [2.45, 2.75) is 181 Å². The molecule has 0 saturated heterocycles. The lowest BCUT2D eigenvalue weighted by atomic mass is 9.80. The first kappa shape index (κ1) is 54.9. The van der Waals surface area contributed by atoms with Gasteiger partial charge in [-0.2, -0.15) is 0 Å². The zero-order valence-electron chi connectivity index (χ0n) is 43.0. The summed E-state index contributed by atoms with van der Waals surface area (Å²) >= 11 is 0. The van der Waals surface area contributed by atoms with Crippen molar-refractivity contribution in [3.05, 3.63) is 132 Å². The summed E-state index contributed by atoms with van der Waals surface area (Å²) in [6, 6.07) is 31.5. The van der Waals surface area contributed by atoms with Crippen LogP contribution >= 0.6 is 0 Å². The van der Waals surface area contributed by atoms with Crippen LogP contribution in [-0.2, 0) is 23.6 Å². The van der Waals surface area contributed by atoms with Crippen LogP contribution in [-0.4, -0.2) is 61.6 Å². The maximum Gasteiger partial charge on any atom is 0.192 e. The molecule has 0 fully saturated rings. The fourth-order valence-corrected chi connectivity index (χ4v) is 11.4. The molecular formula is C55H90O5Si3. The molecule has 352 valence electrons. The van der Waals surface area contributed by atoms with Crippen LogP contribution in [0.2, 0.25) is 54.4 Å². The molecule has 1 N–H and O–H groups in total. The summed E-state index contributed by atoms with van der Waals surface area (Å²) < 4.78 is 28.0. The van der Waals surface area contributed by atoms with Crippen molar-refractivity contribution < 1.29 is 23.1 Å². The molecule has 0 heterocycles. The van der Waals surface area contributed by atoms with E-state index in [1.54, 1.807) is 0 Å². The lowest BCUT2D eigenvalue weighted by Gasteiger charge is -2.42. The average Bonchev–Trinajstić information content (AvgIpc) is 3.20. The molecule has 3 aromatic carbocycles. The Balaban J connectivity index is 1.87. The van der Waals surface area contributed by atoms with Gasteiger partial charge in [-0.3, -0.25) is 0 Å². The summed E-state index contributed by atoms with van der Waals surface area (Å²) in [4.78, 5) is 0. The standard InChI is InChI=1S/C55H90O5Si3/c1-43(30-28-40-57-55(46-32-22-19-23-33-46,47-34-24-20-25-35-47)48-36-26-21-27-37-48)50(59-62(15,16)53(7,8)9)42-49(56)39-38-45(3)51(60-63(17,18)54(10,11)12)44(2)31-29-41-58-61(13,14)52(4,5)6/h19-28,30,32-39,43-45,49-51,56H,29,31,40-42H2,1-18H3/t43-,44+,45+,49-,50+,51-/m1/s1. The number of ether oxygens (including phenoxy) is 1. The van der Waals surface area contributed by atoms with E-state index in [0.717, 1.165) is 36.1 Å². The fourth-order valence-electron chi connectivity index (χ4n) is 7.36. The summed E-state index contributed by atoms with van der Waals surface area (Å²) in [5.41, 5.74) is 2.44. The summed E-state index contributed by atoms with van der Waals surface area (Å²) in [6.07, 6.45) is 10.3. The second-order valence-corrected chi connectivity index (χ2v) is 37.2. The van der Waals surface area contributed by atoms with Crippen LogP contribution in [0.3, 0.4) is 0 Å². The molecule has 0 spiro atoms. The molecule has 0 bridgehead atoms. The molecule has 5 nitrogen and oxygen atoms in total. The minimum atomic E-state index is -2.19. The van der Waals surface area contributed by atoms with Crippen molar-refractivity contribution in [1.82, 2.24) is 0 Å². The van der Waals surface area contributed by atoms with Gasteiger partial charge in [-0.1, -0.05) is 198 Å². The Morgan fingerprint density at radius 3 is 1.41 bits per heavy atom. The largest absolute Gasteiger partial charge is 0.417 e. The zero-order valence-corrected chi connectivity index (χ0v) is 46.0. The highest BCUT2D eigenvalue weighted by Crippen LogP contribution is 2.43. The van der Waals surface area contributed by atoms with Gasteiger partial charge in [-0.25, -0.2) is 0 Å². The monoisotopic (exact) mass is 915 g/mol. The van der Waals surface area contributed by atoms with E-state index < -0.39 is 36.7 Å². The predicted molar refractivity (Wildman–Crippen MR) is 278 cm³/mol. The predicted octanol–water partition coefficient (Wildman–Crippen LogP) is 15.3. The third-order valence-electron chi connectivity index (χ3n) is 14.7. The number of benzene rings is 3. The van der Waals surface area contributed by atoms with E-state index in [2.05, 4.69) is 232 Å². The lowest BCUT2D eigenvalue weighted by Crippen LogP contribution is -2.47. The second kappa shape index (κ2) is 22.9. The molecule has 0 saturated carbocycles. The van der Waals surface area contributed by atoms with E-state index in [-0.39, 0.29) is 39.2 Å². The van der Waals surface area contributed by atoms with Gasteiger partial charge in [-0.15, -0.1) is 0 Å². The van der Waals surface area contributed by atoms with E-state index in [0.29, 0.717) is 18.9 Å². The second-order valence-electron chi connectivity index (χ2n) is 22.9. The van der Waals surface area contributed by atoms with E-state index in [9.17, 15) is 5.11 Å². The van der Waals surface area contributed by atoms with Gasteiger partial charge in [0.05, 0.1) is 24.9 Å². The molecule has 0 aliphatic carbocycles. The first-order valence-corrected chi connectivity index (χ1v) is 32.6. The highest BCUT2D eigenvalue weighted by atomic mass is 28.4. The Bertz CT molecular complexity index is 1720. The van der Waals surface area contributed by atoms with Gasteiger partial charge in [0.25, 0.3) is 0 Å². The molecule has 0 amide bonds. The molecule has 0 radical (unpaired) electrons. The van der Waals surface area contributed by atoms with Crippen LogP contribution in [0.1, 0.15) is 119 Å². The highest BCUT2D eigenvalue weighted by molar-refractivity contribution is 6.75. The quantitative estimate of drug-likeness (QED) is 0.0445. The summed E-state index contributed by atoms with van der Waals surface area (Å²) in [6.45, 7) is 42.7. The van der Waals surface area contributed by atoms with E-state index >= 15 is 0 Å². The molecule has 0 unspecified atom stereocenters. The average molecular weight is 916 g/mol. The Morgan fingerprint density at radius 2 is 0.984 bits per heavy atom. The molecule has 0 aliphatic heterocycles. The first-order valence-electron chi connectivity index (χ1n) is 23.9. The summed E-state index contributed by atoms with van der Waals surface area (Å²) in [5, 5.41) is 12.1. The maximum atomic E-state index is 11.8. The topological polar surface area (TPSA) is 57.2 Å². The van der Waals surface area contributed by atoms with Crippen LogP contribution in [0, 0.1) is 17.8 Å². The zero-order chi connectivity index (χ0) is 47.5. The smallest absolute Gasteiger partial charge is 0.192 e. The van der Waals surface area contributed by atoms with Gasteiger partial charge in [0.15, 0.2) is 25.0 Å². The Kier molecular flexibility index (Phi) is 19.9. The number of aliphatic hydroxyl groups is 1. The number of hydrogen-bond donors (Lipinski definition) is 1. The van der Waals surface area contributed by atoms with Gasteiger partial charge < -0.3 is 23.1 Å². The highest BCUT2D eigenvalue weighted by Gasteiger charge is 2.43. The maximum absolute atomic E-state index is 11.8.